The van der Waals surface area contributed by atoms with Crippen LogP contribution in [0.1, 0.15) is 55.6 Å². The number of carbonyl (C=O) groups excluding carboxylic acids is 3. The molecule has 2 atom stereocenters. The van der Waals surface area contributed by atoms with E-state index in [4.69, 9.17) is 50.1 Å². The van der Waals surface area contributed by atoms with Gasteiger partial charge in [0.2, 0.25) is 5.79 Å². The van der Waals surface area contributed by atoms with E-state index in [0.717, 1.165) is 53.1 Å². The van der Waals surface area contributed by atoms with Gasteiger partial charge in [0.1, 0.15) is 41.9 Å². The molecule has 0 aliphatic carbocycles. The third kappa shape index (κ3) is 22.2. The molecule has 4 aromatic carbocycles. The molecule has 4 aromatic rings. The van der Waals surface area contributed by atoms with Crippen LogP contribution in [0.25, 0.3) is 0 Å². The Bertz CT molecular complexity index is 2570. The molecule has 4 N–H and O–H groups in total. The van der Waals surface area contributed by atoms with Gasteiger partial charge in [-0.2, -0.15) is 13.2 Å². The minimum atomic E-state index is -4.61. The number of amides is 2. The number of carboxylic acid groups (broad SMARTS) is 1. The van der Waals surface area contributed by atoms with E-state index in [-0.39, 0.29) is 34.6 Å². The van der Waals surface area contributed by atoms with Crippen LogP contribution in [0.3, 0.4) is 0 Å². The molecule has 1 aliphatic rings. The zero-order valence-electron chi connectivity index (χ0n) is 41.3. The second-order valence-corrected chi connectivity index (χ2v) is 20.7. The summed E-state index contributed by atoms with van der Waals surface area (Å²) in [4.78, 5) is 78.2. The first-order valence-corrected chi connectivity index (χ1v) is 25.8. The molecule has 1 aliphatic heterocycles. The van der Waals surface area contributed by atoms with E-state index in [1.54, 1.807) is 31.4 Å². The minimum absolute atomic E-state index is 0.0493. The third-order valence-corrected chi connectivity index (χ3v) is 10.1. The molecule has 21 nitrogen and oxygen atoms in total. The molecule has 0 spiro atoms. The second kappa shape index (κ2) is 28.3. The minimum Gasteiger partial charge on any atom is -0.778 e. The number of aliphatic carboxylic acids is 1. The third-order valence-electron chi connectivity index (χ3n) is 9.19. The zero-order chi connectivity index (χ0) is 55.5. The number of halogens is 4. The van der Waals surface area contributed by atoms with Crippen LogP contribution in [0, 0.1) is 10.1 Å². The Morgan fingerprint density at radius 3 is 2.04 bits per heavy atom. The van der Waals surface area contributed by atoms with E-state index >= 15 is 0 Å². The molecular weight excluding hydrogens is 1040 g/mol. The van der Waals surface area contributed by atoms with Crippen LogP contribution in [0.2, 0.25) is 5.02 Å². The van der Waals surface area contributed by atoms with Gasteiger partial charge in [0.05, 0.1) is 60.8 Å². The van der Waals surface area contributed by atoms with E-state index in [2.05, 4.69) is 42.7 Å². The predicted octanol–water partition coefficient (Wildman–Crippen LogP) is 8.36. The highest BCUT2D eigenvalue weighted by molar-refractivity contribution is 7.94. The number of carbonyl (C=O) groups is 4. The van der Waals surface area contributed by atoms with E-state index in [1.807, 2.05) is 30.4 Å². The number of hydrogen-bond acceptors (Lipinski definition) is 16. The number of rotatable bonds is 16. The fraction of sp³-hybridized carbons (Fsp3) is 0.391. The Morgan fingerprint density at radius 2 is 1.52 bits per heavy atom. The number of hydroxylamine groups is 2. The maximum absolute atomic E-state index is 12.7. The molecule has 0 bridgehead atoms. The molecule has 0 fully saturated rings. The van der Waals surface area contributed by atoms with Crippen molar-refractivity contribution in [1.29, 1.82) is 0 Å². The van der Waals surface area contributed by atoms with Gasteiger partial charge < -0.3 is 53.2 Å². The largest absolute Gasteiger partial charge is 0.778 e. The molecule has 0 aromatic heterocycles. The summed E-state index contributed by atoms with van der Waals surface area (Å²) >= 11 is 5.81. The van der Waals surface area contributed by atoms with Crippen molar-refractivity contribution < 1.29 is 90.0 Å². The van der Waals surface area contributed by atoms with Crippen LogP contribution >= 0.6 is 19.2 Å². The average Bonchev–Trinajstić information content (AvgIpc) is 3.28. The van der Waals surface area contributed by atoms with Crippen molar-refractivity contribution in [3.05, 3.63) is 111 Å². The molecule has 0 radical (unpaired) electrons. The Kier molecular flexibility index (Phi) is 24.4. The van der Waals surface area contributed by atoms with Gasteiger partial charge in [-0.25, -0.2) is 19.4 Å². The molecule has 2 unspecified atom stereocenters. The zero-order valence-corrected chi connectivity index (χ0v) is 43.8. The molecule has 73 heavy (non-hydrogen) atoms. The van der Waals surface area contributed by atoms with E-state index < -0.39 is 78.6 Å². The van der Waals surface area contributed by atoms with Gasteiger partial charge in [-0.05, 0) is 77.8 Å². The second-order valence-electron chi connectivity index (χ2n) is 16.3. The number of carboxylic acids is 1. The molecule has 27 heteroatoms. The predicted molar refractivity (Wildman–Crippen MR) is 262 cm³/mol. The number of nitrogens with zero attached hydrogens (tertiary/aromatic N) is 2. The maximum Gasteiger partial charge on any atom is 0.416 e. The topological polar surface area (TPSA) is 284 Å². The van der Waals surface area contributed by atoms with Crippen molar-refractivity contribution in [2.45, 2.75) is 51.5 Å². The van der Waals surface area contributed by atoms with Gasteiger partial charge in [0, 0.05) is 57.0 Å². The summed E-state index contributed by atoms with van der Waals surface area (Å²) in [6.07, 6.45) is 2.03. The van der Waals surface area contributed by atoms with Crippen molar-refractivity contribution in [1.82, 2.24) is 10.4 Å². The Labute approximate surface area is 426 Å². The number of benzene rings is 4. The van der Waals surface area contributed by atoms with Crippen molar-refractivity contribution in [3.63, 3.8) is 0 Å². The van der Waals surface area contributed by atoms with E-state index in [1.165, 1.54) is 21.1 Å². The fourth-order valence-electron chi connectivity index (χ4n) is 6.01. The number of hydrogen-bond donors (Lipinski definition) is 4. The molecule has 5 rings (SSSR count). The molecule has 2 amide bonds. The lowest BCUT2D eigenvalue weighted by Gasteiger charge is -2.43. The number of methoxy groups -OCH3 is 1. The normalized spacial score (nSPS) is 15.0. The van der Waals surface area contributed by atoms with Gasteiger partial charge in [-0.3, -0.25) is 25.1 Å². The van der Waals surface area contributed by atoms with Crippen LogP contribution in [0.5, 0.6) is 28.7 Å². The maximum atomic E-state index is 12.7. The van der Waals surface area contributed by atoms with Gasteiger partial charge in [-0.15, -0.1) is 0 Å². The summed E-state index contributed by atoms with van der Waals surface area (Å²) in [5, 5.41) is 24.6. The van der Waals surface area contributed by atoms with Crippen LogP contribution in [-0.2, 0) is 55.7 Å². The first-order chi connectivity index (χ1) is 33.8. The van der Waals surface area contributed by atoms with Crippen molar-refractivity contribution >= 4 is 65.4 Å². The molecule has 0 saturated carbocycles. The monoisotopic (exact) mass is 1090 g/mol. The lowest BCUT2D eigenvalue weighted by molar-refractivity contribution is -0.385. The first-order valence-electron chi connectivity index (χ1n) is 21.2. The smallest absolute Gasteiger partial charge is 0.416 e. The number of esters is 2. The van der Waals surface area contributed by atoms with Crippen LogP contribution in [-0.4, -0.2) is 116 Å². The summed E-state index contributed by atoms with van der Waals surface area (Å²) in [7, 11) is 0.906. The van der Waals surface area contributed by atoms with Crippen molar-refractivity contribution in [2.75, 3.05) is 71.4 Å². The number of nitrogens with one attached hydrogen (secondary N) is 2. The number of nitro groups is 1. The fourth-order valence-corrected chi connectivity index (χ4v) is 6.63. The number of ether oxygens (including phenoxy) is 6. The highest BCUT2D eigenvalue weighted by Gasteiger charge is 2.42. The van der Waals surface area contributed by atoms with Crippen molar-refractivity contribution in [2.24, 2.45) is 0 Å². The standard InChI is InChI=1S/C22H28N2O5.C18H13ClF3NO7.C3H8NO5P.C3H9S/c1-21(2)14-22(3,26-5)29-19-13-17(11-12-18(19)21)28-16-9-7-15(8-10-16)23-20(25)24(4)27-6;1-2-28-16(24)9-29-17(25)12-8-11(4-5-14(12)23(26)27)30-15-6-3-10(7-13(15)19)18(20,21)22;5-3(6)1-4-2-10(7,8)9;1-4(2)3/h7-13H,14H2,1-6H3,(H,23,25);3-8H,2,9H2,1H3;4H,1-2H2,(H,5,6)(H2,7,8,9);1-3H3/q;;;+1/p-1. The van der Waals surface area contributed by atoms with Crippen molar-refractivity contribution in [3.8, 4) is 28.7 Å². The number of alkyl halides is 3. The number of nitro benzene ring substituents is 1. The van der Waals surface area contributed by atoms with Gasteiger partial charge >= 0.3 is 30.1 Å². The molecule has 0 saturated heterocycles. The molecule has 1 heterocycles. The SMILES string of the molecule is CCOC(=O)COC(=O)c1cc(Oc2ccc(C(F)(F)F)cc2Cl)ccc1[N+](=O)[O-].CON(C)C(=O)Nc1ccc(Oc2ccc3c(c2)OC(C)(OC)CC3(C)C)cc1.C[S+](C)C.O=C(O)CNCP(=O)([O-])O. The molecular formula is C46H57ClF3N4O17PS. The summed E-state index contributed by atoms with van der Waals surface area (Å²) in [6.45, 7) is 6.65. The first kappa shape index (κ1) is 62.9. The lowest BCUT2D eigenvalue weighted by atomic mass is 9.76. The van der Waals surface area contributed by atoms with Crippen LogP contribution < -0.4 is 29.7 Å². The lowest BCUT2D eigenvalue weighted by Crippen LogP contribution is -2.45. The van der Waals surface area contributed by atoms with E-state index in [9.17, 15) is 51.9 Å². The Balaban J connectivity index is 0.000000398. The Hall–Kier alpha value is -6.18. The highest BCUT2D eigenvalue weighted by Crippen LogP contribution is 2.46. The van der Waals surface area contributed by atoms with Gasteiger partial charge in [-0.1, -0.05) is 31.5 Å². The van der Waals surface area contributed by atoms with E-state index in [0.29, 0.717) is 34.1 Å². The van der Waals surface area contributed by atoms with Gasteiger partial charge in [0.25, 0.3) is 5.69 Å². The summed E-state index contributed by atoms with van der Waals surface area (Å²) < 4.78 is 80.4. The summed E-state index contributed by atoms with van der Waals surface area (Å²) in [5.41, 5.74) is -0.477. The number of urea groups is 1. The van der Waals surface area contributed by atoms with Crippen LogP contribution in [0.4, 0.5) is 29.3 Å². The summed E-state index contributed by atoms with van der Waals surface area (Å²) in [5.74, 6) is -2.14. The quantitative estimate of drug-likeness (QED) is 0.0269. The average molecular weight is 1090 g/mol. The summed E-state index contributed by atoms with van der Waals surface area (Å²) in [6, 6.07) is 17.9. The highest BCUT2D eigenvalue weighted by atomic mass is 35.5. The number of fused-ring (bicyclic) bond motifs is 1. The molecule has 402 valence electrons. The van der Waals surface area contributed by atoms with Gasteiger partial charge in [0.15, 0.2) is 6.61 Å². The Morgan fingerprint density at radius 1 is 0.932 bits per heavy atom. The number of anilines is 1. The van der Waals surface area contributed by atoms with Crippen LogP contribution in [0.15, 0.2) is 78.9 Å².